The molecule has 26 heavy (non-hydrogen) atoms. The molecular weight excluding hydrogens is 356 g/mol. The number of hydrogen-bond donors (Lipinski definition) is 0. The summed E-state index contributed by atoms with van der Waals surface area (Å²) in [4.78, 5) is 25.5. The number of halogens is 4. The lowest BCUT2D eigenvalue weighted by atomic mass is 10.1. The van der Waals surface area contributed by atoms with Crippen LogP contribution >= 0.6 is 0 Å². The zero-order valence-corrected chi connectivity index (χ0v) is 13.2. The van der Waals surface area contributed by atoms with Gasteiger partial charge in [-0.15, -0.1) is 0 Å². The average Bonchev–Trinajstić information content (AvgIpc) is 2.96. The van der Waals surface area contributed by atoms with E-state index in [1.165, 1.54) is 17.0 Å². The van der Waals surface area contributed by atoms with Crippen molar-refractivity contribution in [3.05, 3.63) is 53.8 Å². The van der Waals surface area contributed by atoms with Gasteiger partial charge in [-0.25, -0.2) is 9.18 Å². The summed E-state index contributed by atoms with van der Waals surface area (Å²) < 4.78 is 56.8. The topological polar surface area (TPSA) is 49.9 Å². The van der Waals surface area contributed by atoms with Gasteiger partial charge in [0, 0.05) is 30.5 Å². The summed E-state index contributed by atoms with van der Waals surface area (Å²) in [6, 6.07) is 8.02. The first kappa shape index (κ1) is 17.7. The van der Waals surface area contributed by atoms with E-state index < -0.39 is 23.6 Å². The first-order chi connectivity index (χ1) is 12.3. The van der Waals surface area contributed by atoms with E-state index in [0.717, 1.165) is 11.0 Å². The molecule has 9 heteroatoms. The smallest absolute Gasteiger partial charge is 0.419 e. The number of benzene rings is 2. The van der Waals surface area contributed by atoms with Gasteiger partial charge in [-0.1, -0.05) is 6.07 Å². The van der Waals surface area contributed by atoms with Crippen LogP contribution in [0.1, 0.15) is 5.56 Å². The minimum atomic E-state index is -4.86. The molecule has 0 spiro atoms. The molecule has 0 aromatic heterocycles. The summed E-state index contributed by atoms with van der Waals surface area (Å²) in [5.74, 6) is -1.17. The molecule has 0 bridgehead atoms. The molecule has 2 amide bonds. The summed E-state index contributed by atoms with van der Waals surface area (Å²) in [7, 11) is 0. The van der Waals surface area contributed by atoms with Gasteiger partial charge >= 0.3 is 12.2 Å². The maximum absolute atomic E-state index is 13.4. The van der Waals surface area contributed by atoms with E-state index in [2.05, 4.69) is 0 Å². The molecule has 1 saturated heterocycles. The van der Waals surface area contributed by atoms with Gasteiger partial charge in [-0.3, -0.25) is 14.6 Å². The van der Waals surface area contributed by atoms with Crippen LogP contribution in [0.5, 0.6) is 5.75 Å². The van der Waals surface area contributed by atoms with E-state index in [1.54, 1.807) is 12.1 Å². The average molecular weight is 368 g/mol. The Labute approximate surface area is 145 Å². The molecule has 1 aliphatic rings. The molecule has 0 N–H and O–H groups in total. The molecule has 0 saturated carbocycles. The van der Waals surface area contributed by atoms with Crippen molar-refractivity contribution >= 4 is 23.9 Å². The Morgan fingerprint density at radius 2 is 1.65 bits per heavy atom. The number of carbonyl (C=O) groups is 2. The quantitative estimate of drug-likeness (QED) is 0.609. The Bertz CT molecular complexity index is 854. The van der Waals surface area contributed by atoms with Gasteiger partial charge in [-0.2, -0.15) is 13.2 Å². The molecule has 5 nitrogen and oxygen atoms in total. The highest BCUT2D eigenvalue weighted by Gasteiger charge is 2.36. The van der Waals surface area contributed by atoms with Crippen molar-refractivity contribution in [2.24, 2.45) is 0 Å². The van der Waals surface area contributed by atoms with Crippen LogP contribution in [0.25, 0.3) is 0 Å². The number of alkyl halides is 3. The van der Waals surface area contributed by atoms with E-state index >= 15 is 0 Å². The second-order valence-electron chi connectivity index (χ2n) is 5.46. The van der Waals surface area contributed by atoms with Crippen LogP contribution in [0.3, 0.4) is 0 Å². The Balaban J connectivity index is 1.88. The first-order valence-electron chi connectivity index (χ1n) is 7.47. The molecule has 1 fully saturated rings. The van der Waals surface area contributed by atoms with Crippen LogP contribution in [0, 0.1) is 5.82 Å². The molecule has 3 rings (SSSR count). The number of urea groups is 1. The van der Waals surface area contributed by atoms with Crippen LogP contribution in [0.15, 0.2) is 42.5 Å². The first-order valence-corrected chi connectivity index (χ1v) is 7.47. The lowest BCUT2D eigenvalue weighted by Gasteiger charge is -2.20. The maximum atomic E-state index is 13.4. The third-order valence-electron chi connectivity index (χ3n) is 3.89. The lowest BCUT2D eigenvalue weighted by Crippen LogP contribution is -2.31. The molecule has 2 aromatic rings. The minimum Gasteiger partial charge on any atom is -0.429 e. The Kier molecular flexibility index (Phi) is 4.54. The van der Waals surface area contributed by atoms with Gasteiger partial charge in [0.2, 0.25) is 0 Å². The molecule has 2 aromatic carbocycles. The van der Waals surface area contributed by atoms with Crippen LogP contribution < -0.4 is 14.5 Å². The van der Waals surface area contributed by atoms with E-state index in [4.69, 9.17) is 4.74 Å². The number of amides is 2. The summed E-state index contributed by atoms with van der Waals surface area (Å²) in [6.45, 7) is 0.580. The fourth-order valence-electron chi connectivity index (χ4n) is 2.69. The summed E-state index contributed by atoms with van der Waals surface area (Å²) >= 11 is 0. The number of carbonyl (C=O) groups excluding carboxylic acids is 2. The predicted molar refractivity (Wildman–Crippen MR) is 84.6 cm³/mol. The Morgan fingerprint density at radius 3 is 2.27 bits per heavy atom. The van der Waals surface area contributed by atoms with Crippen molar-refractivity contribution in [1.29, 1.82) is 0 Å². The highest BCUT2D eigenvalue weighted by molar-refractivity contribution is 6.06. The molecule has 136 valence electrons. The SMILES string of the molecule is O=COc1cccc(N2CCN(c3ccc(F)c(C(F)(F)F)c3)C2=O)c1. The number of hydrogen-bond acceptors (Lipinski definition) is 3. The minimum absolute atomic E-state index is 0.0495. The fourth-order valence-corrected chi connectivity index (χ4v) is 2.69. The summed E-state index contributed by atoms with van der Waals surface area (Å²) in [5, 5.41) is 0. The van der Waals surface area contributed by atoms with Crippen molar-refractivity contribution in [1.82, 2.24) is 0 Å². The number of nitrogens with zero attached hydrogens (tertiary/aromatic N) is 2. The zero-order valence-electron chi connectivity index (χ0n) is 13.2. The third kappa shape index (κ3) is 3.32. The molecule has 0 radical (unpaired) electrons. The van der Waals surface area contributed by atoms with Crippen LogP contribution in [-0.2, 0) is 11.0 Å². The molecule has 0 unspecified atom stereocenters. The van der Waals surface area contributed by atoms with Crippen molar-refractivity contribution in [3.63, 3.8) is 0 Å². The van der Waals surface area contributed by atoms with Crippen LogP contribution in [-0.4, -0.2) is 25.6 Å². The molecule has 0 aliphatic carbocycles. The largest absolute Gasteiger partial charge is 0.429 e. The molecule has 0 atom stereocenters. The van der Waals surface area contributed by atoms with E-state index in [-0.39, 0.29) is 31.0 Å². The van der Waals surface area contributed by atoms with Gasteiger partial charge in [0.05, 0.1) is 5.56 Å². The Morgan fingerprint density at radius 1 is 1.00 bits per heavy atom. The second kappa shape index (κ2) is 6.66. The van der Waals surface area contributed by atoms with Gasteiger partial charge in [0.25, 0.3) is 6.47 Å². The van der Waals surface area contributed by atoms with Crippen molar-refractivity contribution in [2.45, 2.75) is 6.18 Å². The van der Waals surface area contributed by atoms with Gasteiger partial charge in [-0.05, 0) is 30.3 Å². The van der Waals surface area contributed by atoms with Crippen LogP contribution in [0.2, 0.25) is 0 Å². The highest BCUT2D eigenvalue weighted by atomic mass is 19.4. The number of ether oxygens (including phenoxy) is 1. The highest BCUT2D eigenvalue weighted by Crippen LogP contribution is 2.35. The van der Waals surface area contributed by atoms with Crippen molar-refractivity contribution in [2.75, 3.05) is 22.9 Å². The second-order valence-corrected chi connectivity index (χ2v) is 5.46. The predicted octanol–water partition coefficient (Wildman–Crippen LogP) is 3.83. The summed E-state index contributed by atoms with van der Waals surface area (Å²) in [5.41, 5.74) is -1.05. The normalized spacial score (nSPS) is 14.7. The standard InChI is InChI=1S/C17H12F4N2O3/c18-15-5-4-12(9-14(15)17(19,20)21)23-7-6-22(16(23)25)11-2-1-3-13(8-11)26-10-24/h1-5,8-10H,6-7H2. The monoisotopic (exact) mass is 368 g/mol. The van der Waals surface area contributed by atoms with Gasteiger partial charge < -0.3 is 4.74 Å². The number of rotatable bonds is 4. The third-order valence-corrected chi connectivity index (χ3v) is 3.89. The summed E-state index contributed by atoms with van der Waals surface area (Å²) in [6.07, 6.45) is -4.86. The fraction of sp³-hybridized carbons (Fsp3) is 0.176. The Hall–Kier alpha value is -3.10. The molecule has 1 heterocycles. The maximum Gasteiger partial charge on any atom is 0.419 e. The van der Waals surface area contributed by atoms with E-state index in [1.807, 2.05) is 0 Å². The molecule has 1 aliphatic heterocycles. The van der Waals surface area contributed by atoms with Crippen molar-refractivity contribution < 1.29 is 31.9 Å². The number of anilines is 2. The van der Waals surface area contributed by atoms with Gasteiger partial charge in [0.1, 0.15) is 11.6 Å². The van der Waals surface area contributed by atoms with E-state index in [0.29, 0.717) is 17.8 Å². The van der Waals surface area contributed by atoms with E-state index in [9.17, 15) is 27.2 Å². The van der Waals surface area contributed by atoms with Crippen molar-refractivity contribution in [3.8, 4) is 5.75 Å². The lowest BCUT2D eigenvalue weighted by molar-refractivity contribution is -0.140. The zero-order chi connectivity index (χ0) is 18.9. The van der Waals surface area contributed by atoms with Crippen LogP contribution in [0.4, 0.5) is 33.7 Å². The van der Waals surface area contributed by atoms with Gasteiger partial charge in [0.15, 0.2) is 0 Å². The molecular formula is C17H12F4N2O3.